The molecule has 44 heavy (non-hydrogen) atoms. The molecule has 2 unspecified atom stereocenters. The van der Waals surface area contributed by atoms with Gasteiger partial charge in [-0.15, -0.1) is 0 Å². The molecule has 4 heterocycles. The molecule has 9 nitrogen and oxygen atoms in total. The molecule has 6 rings (SSSR count). The molecule has 1 aromatic heterocycles. The minimum Gasteiger partial charge on any atom is -0.372 e. The number of morpholine rings is 1. The van der Waals surface area contributed by atoms with E-state index in [1.54, 1.807) is 0 Å². The number of aromatic nitrogens is 1. The maximum atomic E-state index is 13.9. The topological polar surface area (TPSA) is 99.7 Å². The average Bonchev–Trinajstić information content (AvgIpc) is 3.02. The number of carbonyl (C=O) groups excluding carboxylic acids is 1. The molecule has 226 valence electrons. The molecule has 2 fully saturated rings. The van der Waals surface area contributed by atoms with Crippen molar-refractivity contribution in [3.8, 4) is 12.1 Å². The van der Waals surface area contributed by atoms with Crippen LogP contribution in [0.4, 0.5) is 21.7 Å². The Bertz CT molecular complexity index is 1680. The fourth-order valence-electron chi connectivity index (χ4n) is 7.00. The van der Waals surface area contributed by atoms with E-state index in [4.69, 9.17) is 9.72 Å². The second-order valence-electron chi connectivity index (χ2n) is 11.9. The summed E-state index contributed by atoms with van der Waals surface area (Å²) >= 11 is 0. The fraction of sp³-hybridized carbons (Fsp3) is 0.412. The molecular weight excluding hydrogens is 557 g/mol. The van der Waals surface area contributed by atoms with Crippen LogP contribution in [0.3, 0.4) is 0 Å². The molecule has 0 radical (unpaired) electrons. The van der Waals surface area contributed by atoms with Crippen LogP contribution in [0.5, 0.6) is 0 Å². The standard InChI is InChI=1S/C34H36FN7O2/c1-22-18-41(19-23(2)44-22)33-29(17-37)30-21-39(31-10-6-8-25-7-4-5-9-27(25)31)14-12-28(30)32(38-33)40-15-16-42(34(43)24(3)35)26(20-40)11-13-36/h4-10,22-23,26H,3,11-12,14-16,18-21H2,1-2H3/t22?,23?,26-/m0/s1. The molecule has 3 aliphatic rings. The number of hydrogen-bond acceptors (Lipinski definition) is 8. The number of nitriles is 2. The number of piperazine rings is 1. The van der Waals surface area contributed by atoms with E-state index in [-0.39, 0.29) is 25.2 Å². The summed E-state index contributed by atoms with van der Waals surface area (Å²) in [5.41, 5.74) is 3.66. The minimum absolute atomic E-state index is 0.0258. The molecule has 2 saturated heterocycles. The van der Waals surface area contributed by atoms with E-state index < -0.39 is 17.8 Å². The van der Waals surface area contributed by atoms with Crippen molar-refractivity contribution in [2.24, 2.45) is 0 Å². The molecular formula is C34H36FN7O2. The smallest absolute Gasteiger partial charge is 0.282 e. The molecule has 1 amide bonds. The molecule has 3 atom stereocenters. The Labute approximate surface area is 257 Å². The first-order valence-electron chi connectivity index (χ1n) is 15.1. The Kier molecular flexibility index (Phi) is 8.11. The number of halogens is 1. The summed E-state index contributed by atoms with van der Waals surface area (Å²) in [5.74, 6) is -0.396. The van der Waals surface area contributed by atoms with Crippen LogP contribution in [0.2, 0.25) is 0 Å². The zero-order valence-electron chi connectivity index (χ0n) is 25.2. The SMILES string of the molecule is C=C(F)C(=O)N1CCN(c2nc(N3CC(C)OC(C)C3)c(C#N)c3c2CCN(c2cccc4ccccc24)C3)C[C@@H]1CC#N. The van der Waals surface area contributed by atoms with E-state index in [0.29, 0.717) is 50.5 Å². The molecule has 0 N–H and O–H groups in total. The lowest BCUT2D eigenvalue weighted by atomic mass is 9.93. The fourth-order valence-corrected chi connectivity index (χ4v) is 7.00. The van der Waals surface area contributed by atoms with Gasteiger partial charge in [-0.05, 0) is 37.3 Å². The predicted molar refractivity (Wildman–Crippen MR) is 168 cm³/mol. The zero-order chi connectivity index (χ0) is 31.0. The Morgan fingerprint density at radius 1 is 0.977 bits per heavy atom. The third-order valence-electron chi connectivity index (χ3n) is 8.89. The highest BCUT2D eigenvalue weighted by Crippen LogP contribution is 2.39. The number of pyridine rings is 1. The molecule has 0 aliphatic carbocycles. The van der Waals surface area contributed by atoms with Gasteiger partial charge in [-0.1, -0.05) is 43.0 Å². The van der Waals surface area contributed by atoms with E-state index in [2.05, 4.69) is 63.7 Å². The zero-order valence-corrected chi connectivity index (χ0v) is 25.2. The molecule has 0 bridgehead atoms. The van der Waals surface area contributed by atoms with E-state index in [0.717, 1.165) is 39.9 Å². The molecule has 3 aliphatic heterocycles. The summed E-state index contributed by atoms with van der Waals surface area (Å²) < 4.78 is 19.9. The number of anilines is 3. The highest BCUT2D eigenvalue weighted by molar-refractivity contribution is 5.94. The number of hydrogen-bond donors (Lipinski definition) is 0. The maximum Gasteiger partial charge on any atom is 0.282 e. The summed E-state index contributed by atoms with van der Waals surface area (Å²) in [4.78, 5) is 25.8. The molecule has 3 aromatic rings. The summed E-state index contributed by atoms with van der Waals surface area (Å²) in [6, 6.07) is 18.8. The highest BCUT2D eigenvalue weighted by atomic mass is 19.1. The van der Waals surface area contributed by atoms with E-state index in [9.17, 15) is 19.7 Å². The van der Waals surface area contributed by atoms with Crippen LogP contribution in [0.1, 0.15) is 37.0 Å². The third kappa shape index (κ3) is 5.42. The van der Waals surface area contributed by atoms with Gasteiger partial charge >= 0.3 is 0 Å². The van der Waals surface area contributed by atoms with Gasteiger partial charge in [0, 0.05) is 62.5 Å². The number of nitrogens with zero attached hydrogens (tertiary/aromatic N) is 7. The Morgan fingerprint density at radius 2 is 1.73 bits per heavy atom. The lowest BCUT2D eigenvalue weighted by molar-refractivity contribution is -0.131. The average molecular weight is 594 g/mol. The van der Waals surface area contributed by atoms with Crippen molar-refractivity contribution in [1.82, 2.24) is 9.88 Å². The lowest BCUT2D eigenvalue weighted by Crippen LogP contribution is -2.56. The normalized spacial score (nSPS) is 21.9. The predicted octanol–water partition coefficient (Wildman–Crippen LogP) is 4.70. The molecule has 0 saturated carbocycles. The summed E-state index contributed by atoms with van der Waals surface area (Å²) in [6.07, 6.45) is 0.688. The summed E-state index contributed by atoms with van der Waals surface area (Å²) in [6.45, 7) is 10.7. The molecule has 0 spiro atoms. The van der Waals surface area contributed by atoms with Gasteiger partial charge in [0.2, 0.25) is 0 Å². The Balaban J connectivity index is 1.44. The van der Waals surface area contributed by atoms with Gasteiger partial charge in [0.1, 0.15) is 17.7 Å². The third-order valence-corrected chi connectivity index (χ3v) is 8.89. The Morgan fingerprint density at radius 3 is 2.45 bits per heavy atom. The minimum atomic E-state index is -1.03. The van der Waals surface area contributed by atoms with Crippen molar-refractivity contribution in [2.75, 3.05) is 54.0 Å². The van der Waals surface area contributed by atoms with Crippen LogP contribution in [0.25, 0.3) is 10.8 Å². The van der Waals surface area contributed by atoms with Crippen molar-refractivity contribution in [2.45, 2.75) is 51.5 Å². The van der Waals surface area contributed by atoms with Crippen molar-refractivity contribution < 1.29 is 13.9 Å². The van der Waals surface area contributed by atoms with Crippen LogP contribution in [-0.2, 0) is 22.5 Å². The summed E-state index contributed by atoms with van der Waals surface area (Å²) in [7, 11) is 0. The monoisotopic (exact) mass is 593 g/mol. The van der Waals surface area contributed by atoms with Crippen LogP contribution in [0.15, 0.2) is 54.9 Å². The summed E-state index contributed by atoms with van der Waals surface area (Å²) in [5, 5.41) is 22.5. The first-order chi connectivity index (χ1) is 21.3. The number of benzene rings is 2. The van der Waals surface area contributed by atoms with E-state index >= 15 is 0 Å². The van der Waals surface area contributed by atoms with Gasteiger partial charge in [0.05, 0.1) is 36.3 Å². The van der Waals surface area contributed by atoms with Crippen LogP contribution >= 0.6 is 0 Å². The van der Waals surface area contributed by atoms with Crippen molar-refractivity contribution in [3.63, 3.8) is 0 Å². The van der Waals surface area contributed by atoms with Gasteiger partial charge in [-0.2, -0.15) is 10.5 Å². The van der Waals surface area contributed by atoms with Gasteiger partial charge in [-0.25, -0.2) is 9.37 Å². The Hall–Kier alpha value is -4.67. The van der Waals surface area contributed by atoms with E-state index in [1.165, 1.54) is 4.90 Å². The van der Waals surface area contributed by atoms with Crippen LogP contribution in [0, 0.1) is 22.7 Å². The number of carbonyl (C=O) groups is 1. The van der Waals surface area contributed by atoms with Crippen LogP contribution < -0.4 is 14.7 Å². The molecule has 10 heteroatoms. The first kappa shape index (κ1) is 29.4. The second-order valence-corrected chi connectivity index (χ2v) is 11.9. The largest absolute Gasteiger partial charge is 0.372 e. The van der Waals surface area contributed by atoms with Gasteiger partial charge in [0.15, 0.2) is 5.83 Å². The van der Waals surface area contributed by atoms with Gasteiger partial charge in [-0.3, -0.25) is 4.79 Å². The van der Waals surface area contributed by atoms with Crippen LogP contribution in [-0.4, -0.2) is 73.3 Å². The number of amides is 1. The van der Waals surface area contributed by atoms with Crippen molar-refractivity contribution >= 4 is 34.0 Å². The second kappa shape index (κ2) is 12.1. The highest BCUT2D eigenvalue weighted by Gasteiger charge is 2.36. The van der Waals surface area contributed by atoms with E-state index in [1.807, 2.05) is 26.0 Å². The molecule has 2 aromatic carbocycles. The number of fused-ring (bicyclic) bond motifs is 2. The lowest BCUT2D eigenvalue weighted by Gasteiger charge is -2.43. The first-order valence-corrected chi connectivity index (χ1v) is 15.1. The quantitative estimate of drug-likeness (QED) is 0.393. The number of rotatable bonds is 5. The van der Waals surface area contributed by atoms with Gasteiger partial charge < -0.3 is 24.3 Å². The van der Waals surface area contributed by atoms with Crippen molar-refractivity contribution in [3.05, 3.63) is 71.6 Å². The maximum absolute atomic E-state index is 13.9. The number of ether oxygens (including phenoxy) is 1. The van der Waals surface area contributed by atoms with Gasteiger partial charge in [0.25, 0.3) is 5.91 Å². The van der Waals surface area contributed by atoms with Crippen molar-refractivity contribution in [1.29, 1.82) is 10.5 Å².